The molecule has 0 saturated heterocycles. The molecule has 0 fully saturated rings. The number of Topliss-reactive ketones (excluding diaryl/α,β-unsaturated/α-hetero) is 1. The van der Waals surface area contributed by atoms with E-state index in [1.807, 2.05) is 259 Å². The first-order chi connectivity index (χ1) is 64.3. The lowest BCUT2D eigenvalue weighted by Crippen LogP contribution is -2.16. The molecule has 1 unspecified atom stereocenters. The summed E-state index contributed by atoms with van der Waals surface area (Å²) < 4.78 is 55.2. The minimum atomic E-state index is -3.72. The van der Waals surface area contributed by atoms with Crippen LogP contribution in [0.25, 0.3) is 112 Å². The molecule has 0 aliphatic rings. The van der Waals surface area contributed by atoms with Crippen molar-refractivity contribution >= 4 is 70.8 Å². The van der Waals surface area contributed by atoms with Gasteiger partial charge in [0.15, 0.2) is 71.2 Å². The van der Waals surface area contributed by atoms with Gasteiger partial charge >= 0.3 is 0 Å². The standard InChI is InChI=1S/C27H25N5O.C26H21N5O.C25H21N5O3S.C24H20N6O2S/c1-2-24(33)21-15-22(18-28-17-21)26-30-27(29-16-19-9-5-3-6-10-19)25-23(13-14-32(25)31-26)20-11-7-4-8-12-20;1-18(32)21-14-22(17-27-16-21)25-29-26(28-15-19-8-4-2-5-9-19)24-23(12-13-31(24)30-25)20-10-6-3-7-11-20;1-34(32,33)21-14-19(16-27-25(21)31)23-28-24(26-15-17-8-4-2-5-9-17)22-20(12-13-30(22)29-23)18-10-6-3-7-11-18;1-33(31,32)21-16-25-15-20(27-21)23-28-24(26-14-17-8-4-2-5-9-17)22-19(12-13-30(22)29-23)18-10-6-3-7-11-18/h3-15,17-18,24,33H,2,16H2,1H3,(H,29,30,31);2-14,16-17H,15H2,1H3,(H,28,29,30);2-14,16H,15H2,1H3,(H,27,31)(H,26,28,29);2-13,15-16H,14H2,1H3,(H,26,28,29). The lowest BCUT2D eigenvalue weighted by atomic mass is 10.1. The van der Waals surface area contributed by atoms with Crippen LogP contribution in [0, 0.1) is 0 Å². The molecule has 0 aliphatic heterocycles. The highest BCUT2D eigenvalue weighted by Gasteiger charge is 2.24. The van der Waals surface area contributed by atoms with E-state index in [0.29, 0.717) is 72.6 Å². The van der Waals surface area contributed by atoms with Gasteiger partial charge in [0.05, 0.1) is 18.5 Å². The molecule has 12 aromatic heterocycles. The average Bonchev–Trinajstić information content (AvgIpc) is 1.54. The number of aromatic nitrogens is 17. The van der Waals surface area contributed by atoms with Crippen molar-refractivity contribution in [3.05, 3.63) is 397 Å². The van der Waals surface area contributed by atoms with Crippen molar-refractivity contribution in [3.63, 3.8) is 0 Å². The fourth-order valence-electron chi connectivity index (χ4n) is 14.9. The Kier molecular flexibility index (Phi) is 26.3. The molecule has 0 spiro atoms. The molecule has 0 radical (unpaired) electrons. The number of nitrogens with zero attached hydrogens (tertiary/aromatic N) is 16. The molecular weight excluding hydrogens is 1700 g/mol. The number of sulfone groups is 2. The maximum absolute atomic E-state index is 12.1. The van der Waals surface area contributed by atoms with Crippen LogP contribution in [0.1, 0.15) is 64.5 Å². The third kappa shape index (κ3) is 20.5. The van der Waals surface area contributed by atoms with Gasteiger partial charge in [-0.3, -0.25) is 24.5 Å². The first kappa shape index (κ1) is 87.4. The van der Waals surface area contributed by atoms with E-state index in [2.05, 4.69) is 111 Å². The van der Waals surface area contributed by atoms with E-state index in [1.54, 1.807) is 39.9 Å². The predicted molar refractivity (Wildman–Crippen MR) is 514 cm³/mol. The smallest absolute Gasteiger partial charge is 0.266 e. The number of nitrogens with one attached hydrogen (secondary N) is 5. The van der Waals surface area contributed by atoms with Gasteiger partial charge in [-0.2, -0.15) is 0 Å². The number of aliphatic hydroxyl groups is 1. The van der Waals surface area contributed by atoms with Crippen LogP contribution in [0.4, 0.5) is 23.3 Å². The average molecular weight is 1780 g/mol. The van der Waals surface area contributed by atoms with E-state index in [-0.39, 0.29) is 33.0 Å². The van der Waals surface area contributed by atoms with E-state index >= 15 is 0 Å². The van der Waals surface area contributed by atoms with Gasteiger partial charge in [0.25, 0.3) is 5.56 Å². The zero-order valence-electron chi connectivity index (χ0n) is 72.0. The van der Waals surface area contributed by atoms with Crippen molar-refractivity contribution in [1.29, 1.82) is 0 Å². The van der Waals surface area contributed by atoms with E-state index in [9.17, 15) is 31.5 Å². The molecule has 654 valence electrons. The van der Waals surface area contributed by atoms with Crippen molar-refractivity contribution in [3.8, 4) is 90.2 Å². The minimum absolute atomic E-state index is 0.0461. The molecule has 6 N–H and O–H groups in total. The summed E-state index contributed by atoms with van der Waals surface area (Å²) >= 11 is 0. The van der Waals surface area contributed by atoms with E-state index in [1.165, 1.54) is 37.1 Å². The Balaban J connectivity index is 0.000000123. The normalized spacial score (nSPS) is 11.5. The van der Waals surface area contributed by atoms with Gasteiger partial charge in [0.1, 0.15) is 32.7 Å². The molecule has 8 aromatic carbocycles. The number of carbonyl (C=O) groups is 1. The summed E-state index contributed by atoms with van der Waals surface area (Å²) in [5.74, 6) is 4.21. The Hall–Kier alpha value is -16.7. The Morgan fingerprint density at radius 2 is 0.697 bits per heavy atom. The van der Waals surface area contributed by atoms with Crippen LogP contribution in [0.3, 0.4) is 0 Å². The molecule has 1 atom stereocenters. The fourth-order valence-corrected chi connectivity index (χ4v) is 16.1. The third-order valence-electron chi connectivity index (χ3n) is 21.5. The number of pyridine rings is 3. The van der Waals surface area contributed by atoms with Crippen LogP contribution in [0.2, 0.25) is 0 Å². The molecular formula is C102H87N21O7S2. The maximum Gasteiger partial charge on any atom is 0.266 e. The molecule has 0 bridgehead atoms. The molecule has 0 amide bonds. The number of aliphatic hydroxyl groups excluding tert-OH is 1. The quantitative estimate of drug-likeness (QED) is 0.0289. The van der Waals surface area contributed by atoms with Crippen LogP contribution in [0.5, 0.6) is 0 Å². The van der Waals surface area contributed by atoms with E-state index in [0.717, 1.165) is 119 Å². The molecule has 20 aromatic rings. The number of rotatable bonds is 25. The van der Waals surface area contributed by atoms with Gasteiger partial charge in [0, 0.05) is 139 Å². The van der Waals surface area contributed by atoms with Gasteiger partial charge in [-0.15, -0.1) is 20.4 Å². The number of ketones is 1. The zero-order chi connectivity index (χ0) is 91.1. The second kappa shape index (κ2) is 39.7. The number of fused-ring (bicyclic) bond motifs is 4. The van der Waals surface area contributed by atoms with Crippen molar-refractivity contribution in [2.24, 2.45) is 0 Å². The van der Waals surface area contributed by atoms with Crippen LogP contribution >= 0.6 is 0 Å². The number of hydrogen-bond acceptors (Lipinski definition) is 23. The molecule has 0 saturated carbocycles. The number of benzene rings is 8. The topological polar surface area (TPSA) is 359 Å². The SMILES string of the molecule is CC(=O)c1cncc(-c2nc(NCc3ccccc3)c3c(-c4ccccc4)ccn3n2)c1.CCC(O)c1cncc(-c2nc(NCc3ccccc3)c3c(-c4ccccc4)ccn3n2)c1.CS(=O)(=O)c1cc(-c2nc(NCc3ccccc3)c3c(-c4ccccc4)ccn3n2)c[nH]c1=O.CS(=O)(=O)c1cncc(-c2nc(NCc3ccccc3)c3c(-c4ccccc4)ccn3n2)n1. The number of H-pyrrole nitrogens is 1. The Labute approximate surface area is 759 Å². The van der Waals surface area contributed by atoms with Crippen molar-refractivity contribution < 1.29 is 26.7 Å². The Morgan fingerprint density at radius 1 is 0.371 bits per heavy atom. The van der Waals surface area contributed by atoms with Crippen molar-refractivity contribution in [2.75, 3.05) is 33.8 Å². The first-order valence-electron chi connectivity index (χ1n) is 42.3. The molecule has 28 nitrogen and oxygen atoms in total. The predicted octanol–water partition coefficient (Wildman–Crippen LogP) is 18.4. The van der Waals surface area contributed by atoms with Gasteiger partial charge in [-0.05, 0) is 106 Å². The number of aromatic amines is 1. The highest BCUT2D eigenvalue weighted by atomic mass is 32.2. The summed E-state index contributed by atoms with van der Waals surface area (Å²) in [7, 11) is -7.23. The second-order valence-electron chi connectivity index (χ2n) is 30.9. The number of anilines is 4. The van der Waals surface area contributed by atoms with Crippen molar-refractivity contribution in [1.82, 2.24) is 83.3 Å². The first-order valence-corrected chi connectivity index (χ1v) is 46.0. The van der Waals surface area contributed by atoms with Crippen molar-refractivity contribution in [2.45, 2.75) is 62.5 Å². The monoisotopic (exact) mass is 1780 g/mol. The van der Waals surface area contributed by atoms with Gasteiger partial charge in [0.2, 0.25) is 5.82 Å². The molecule has 12 heterocycles. The summed E-state index contributed by atoms with van der Waals surface area (Å²) in [5.41, 5.74) is 18.9. The van der Waals surface area contributed by atoms with Gasteiger partial charge in [-0.25, -0.2) is 59.8 Å². The van der Waals surface area contributed by atoms with Gasteiger partial charge < -0.3 is 31.4 Å². The van der Waals surface area contributed by atoms with Crippen LogP contribution in [-0.2, 0) is 45.9 Å². The van der Waals surface area contributed by atoms with E-state index < -0.39 is 31.3 Å². The molecule has 0 aliphatic carbocycles. The molecule has 20 rings (SSSR count). The fraction of sp³-hybridized carbons (Fsp3) is 0.0980. The summed E-state index contributed by atoms with van der Waals surface area (Å²) in [6.07, 6.45) is 20.5. The minimum Gasteiger partial charge on any atom is -0.388 e. The number of carbonyl (C=O) groups excluding carboxylic acids is 1. The summed E-state index contributed by atoms with van der Waals surface area (Å²) in [5, 5.41) is 42.7. The van der Waals surface area contributed by atoms with Crippen LogP contribution in [0.15, 0.2) is 368 Å². The van der Waals surface area contributed by atoms with Crippen LogP contribution in [-0.4, -0.2) is 124 Å². The Bertz CT molecular complexity index is 7780. The summed E-state index contributed by atoms with van der Waals surface area (Å²) in [6, 6.07) is 93.8. The largest absolute Gasteiger partial charge is 0.388 e. The lowest BCUT2D eigenvalue weighted by molar-refractivity contribution is 0.101. The van der Waals surface area contributed by atoms with Gasteiger partial charge in [-0.1, -0.05) is 250 Å². The van der Waals surface area contributed by atoms with E-state index in [4.69, 9.17) is 30.1 Å². The lowest BCUT2D eigenvalue weighted by Gasteiger charge is -2.13. The maximum atomic E-state index is 12.1. The summed E-state index contributed by atoms with van der Waals surface area (Å²) in [4.78, 5) is 62.0. The van der Waals surface area contributed by atoms with Crippen LogP contribution < -0.4 is 26.8 Å². The zero-order valence-corrected chi connectivity index (χ0v) is 73.6. The second-order valence-corrected chi connectivity index (χ2v) is 34.8. The molecule has 30 heteroatoms. The highest BCUT2D eigenvalue weighted by molar-refractivity contribution is 7.91. The number of hydrogen-bond donors (Lipinski definition) is 6. The summed E-state index contributed by atoms with van der Waals surface area (Å²) in [6.45, 7) is 5.82. The highest BCUT2D eigenvalue weighted by Crippen LogP contribution is 2.38. The molecule has 132 heavy (non-hydrogen) atoms. The third-order valence-corrected chi connectivity index (χ3v) is 23.6. The Morgan fingerprint density at radius 3 is 1.05 bits per heavy atom.